The van der Waals surface area contributed by atoms with Crippen LogP contribution in [-0.2, 0) is 6.54 Å². The predicted octanol–water partition coefficient (Wildman–Crippen LogP) is 1.96. The van der Waals surface area contributed by atoms with Gasteiger partial charge in [-0.1, -0.05) is 25.1 Å². The molecule has 1 aromatic carbocycles. The highest BCUT2D eigenvalue weighted by molar-refractivity contribution is 5.56. The largest absolute Gasteiger partial charge is 0.355 e. The van der Waals surface area contributed by atoms with E-state index in [1.807, 2.05) is 0 Å². The van der Waals surface area contributed by atoms with E-state index in [1.165, 1.54) is 24.2 Å². The lowest BCUT2D eigenvalue weighted by atomic mass is 10.1. The molecular weight excluding hydrogens is 172 g/mol. The van der Waals surface area contributed by atoms with Crippen LogP contribution in [0.3, 0.4) is 0 Å². The van der Waals surface area contributed by atoms with E-state index in [2.05, 4.69) is 41.4 Å². The second-order valence-corrected chi connectivity index (χ2v) is 4.41. The van der Waals surface area contributed by atoms with E-state index < -0.39 is 0 Å². The lowest BCUT2D eigenvalue weighted by Crippen LogP contribution is -2.47. The van der Waals surface area contributed by atoms with Gasteiger partial charge in [-0.05, 0) is 24.0 Å². The van der Waals surface area contributed by atoms with Crippen LogP contribution in [0.5, 0.6) is 0 Å². The molecule has 1 N–H and O–H groups in total. The first-order valence-corrected chi connectivity index (χ1v) is 5.44. The van der Waals surface area contributed by atoms with Crippen molar-refractivity contribution >= 4 is 5.69 Å². The van der Waals surface area contributed by atoms with Crippen molar-refractivity contribution in [3.05, 3.63) is 29.8 Å². The zero-order valence-electron chi connectivity index (χ0n) is 8.53. The Kier molecular flexibility index (Phi) is 1.77. The fraction of sp³-hybridized carbons (Fsp3) is 0.500. The van der Waals surface area contributed by atoms with Crippen molar-refractivity contribution in [2.24, 2.45) is 5.92 Å². The summed E-state index contributed by atoms with van der Waals surface area (Å²) in [7, 11) is 0. The van der Waals surface area contributed by atoms with Gasteiger partial charge in [-0.2, -0.15) is 0 Å². The Balaban J connectivity index is 2.03. The molecule has 74 valence electrons. The Morgan fingerprint density at radius 2 is 2.21 bits per heavy atom. The molecule has 2 unspecified atom stereocenters. The molecule has 14 heavy (non-hydrogen) atoms. The van der Waals surface area contributed by atoms with E-state index >= 15 is 0 Å². The third-order valence-corrected chi connectivity index (χ3v) is 3.50. The van der Waals surface area contributed by atoms with Gasteiger partial charge in [0.05, 0.1) is 6.17 Å². The molecule has 0 spiro atoms. The van der Waals surface area contributed by atoms with Crippen LogP contribution < -0.4 is 10.2 Å². The Bertz CT molecular complexity index is 348. The summed E-state index contributed by atoms with van der Waals surface area (Å²) in [6, 6.07) is 8.74. The smallest absolute Gasteiger partial charge is 0.0825 e. The molecule has 1 saturated heterocycles. The van der Waals surface area contributed by atoms with E-state index in [4.69, 9.17) is 0 Å². The molecule has 2 atom stereocenters. The van der Waals surface area contributed by atoms with E-state index in [1.54, 1.807) is 0 Å². The van der Waals surface area contributed by atoms with Gasteiger partial charge in [-0.3, -0.25) is 5.32 Å². The molecule has 2 aliphatic rings. The number of nitrogens with zero attached hydrogens (tertiary/aromatic N) is 1. The molecule has 0 aliphatic carbocycles. The third kappa shape index (κ3) is 1.07. The van der Waals surface area contributed by atoms with Gasteiger partial charge < -0.3 is 4.90 Å². The zero-order valence-corrected chi connectivity index (χ0v) is 8.53. The number of hydrogen-bond acceptors (Lipinski definition) is 2. The first-order chi connectivity index (χ1) is 6.86. The molecule has 2 aliphatic heterocycles. The van der Waals surface area contributed by atoms with Crippen LogP contribution in [0.4, 0.5) is 5.69 Å². The van der Waals surface area contributed by atoms with Crippen LogP contribution in [0.25, 0.3) is 0 Å². The molecule has 1 fully saturated rings. The van der Waals surface area contributed by atoms with E-state index in [0.717, 1.165) is 12.5 Å². The van der Waals surface area contributed by atoms with Crippen LogP contribution in [0.2, 0.25) is 0 Å². The Morgan fingerprint density at radius 1 is 1.36 bits per heavy atom. The molecule has 2 heterocycles. The standard InChI is InChI=1S/C12H16N2/c1-9-6-7-14-11-5-3-2-4-10(11)8-13-12(9)14/h2-5,9,12-13H,6-8H2,1H3. The molecule has 2 heteroatoms. The average molecular weight is 188 g/mol. The second kappa shape index (κ2) is 2.99. The topological polar surface area (TPSA) is 15.3 Å². The summed E-state index contributed by atoms with van der Waals surface area (Å²) in [5.74, 6) is 0.781. The van der Waals surface area contributed by atoms with Crippen molar-refractivity contribution in [3.63, 3.8) is 0 Å². The molecule has 0 bridgehead atoms. The highest BCUT2D eigenvalue weighted by Crippen LogP contribution is 2.33. The highest BCUT2D eigenvalue weighted by atomic mass is 15.3. The minimum absolute atomic E-state index is 0.574. The fourth-order valence-corrected chi connectivity index (χ4v) is 2.68. The van der Waals surface area contributed by atoms with Gasteiger partial charge in [0.25, 0.3) is 0 Å². The van der Waals surface area contributed by atoms with Crippen LogP contribution in [-0.4, -0.2) is 12.7 Å². The number of benzene rings is 1. The minimum atomic E-state index is 0.574. The molecular formula is C12H16N2. The second-order valence-electron chi connectivity index (χ2n) is 4.41. The van der Waals surface area contributed by atoms with Gasteiger partial charge >= 0.3 is 0 Å². The summed E-state index contributed by atoms with van der Waals surface area (Å²) in [6.45, 7) is 4.57. The maximum Gasteiger partial charge on any atom is 0.0825 e. The monoisotopic (exact) mass is 188 g/mol. The number of fused-ring (bicyclic) bond motifs is 3. The van der Waals surface area contributed by atoms with Crippen molar-refractivity contribution in [2.45, 2.75) is 26.1 Å². The zero-order chi connectivity index (χ0) is 9.54. The lowest BCUT2D eigenvalue weighted by molar-refractivity contribution is 0.413. The predicted molar refractivity (Wildman–Crippen MR) is 58.2 cm³/mol. The van der Waals surface area contributed by atoms with Gasteiger partial charge in [0, 0.05) is 18.8 Å². The maximum atomic E-state index is 3.61. The van der Waals surface area contributed by atoms with Gasteiger partial charge in [-0.15, -0.1) is 0 Å². The van der Waals surface area contributed by atoms with Crippen LogP contribution in [0, 0.1) is 5.92 Å². The number of rotatable bonds is 0. The summed E-state index contributed by atoms with van der Waals surface area (Å²) in [5.41, 5.74) is 2.89. The Morgan fingerprint density at radius 3 is 3.14 bits per heavy atom. The molecule has 0 saturated carbocycles. The maximum absolute atomic E-state index is 3.61. The fourth-order valence-electron chi connectivity index (χ4n) is 2.68. The van der Waals surface area contributed by atoms with E-state index in [0.29, 0.717) is 6.17 Å². The number of hydrogen-bond donors (Lipinski definition) is 1. The van der Waals surface area contributed by atoms with Crippen LogP contribution in [0.1, 0.15) is 18.9 Å². The summed E-state index contributed by atoms with van der Waals surface area (Å²) in [5, 5.41) is 3.61. The minimum Gasteiger partial charge on any atom is -0.355 e. The van der Waals surface area contributed by atoms with Crippen molar-refractivity contribution in [3.8, 4) is 0 Å². The summed E-state index contributed by atoms with van der Waals surface area (Å²) in [4.78, 5) is 2.52. The number of nitrogens with one attached hydrogen (secondary N) is 1. The van der Waals surface area contributed by atoms with E-state index in [9.17, 15) is 0 Å². The van der Waals surface area contributed by atoms with Crippen LogP contribution >= 0.6 is 0 Å². The summed E-state index contributed by atoms with van der Waals surface area (Å²) < 4.78 is 0. The quantitative estimate of drug-likeness (QED) is 0.669. The summed E-state index contributed by atoms with van der Waals surface area (Å²) >= 11 is 0. The van der Waals surface area contributed by atoms with Crippen molar-refractivity contribution in [1.29, 1.82) is 0 Å². The molecule has 0 radical (unpaired) electrons. The highest BCUT2D eigenvalue weighted by Gasteiger charge is 2.34. The Labute approximate surface area is 84.9 Å². The third-order valence-electron chi connectivity index (χ3n) is 3.50. The first kappa shape index (κ1) is 8.30. The molecule has 2 nitrogen and oxygen atoms in total. The molecule has 0 amide bonds. The summed E-state index contributed by atoms with van der Waals surface area (Å²) in [6.07, 6.45) is 1.89. The van der Waals surface area contributed by atoms with Crippen LogP contribution in [0.15, 0.2) is 24.3 Å². The first-order valence-electron chi connectivity index (χ1n) is 5.44. The van der Waals surface area contributed by atoms with Gasteiger partial charge in [-0.25, -0.2) is 0 Å². The number of para-hydroxylation sites is 1. The molecule has 1 aromatic rings. The van der Waals surface area contributed by atoms with E-state index in [-0.39, 0.29) is 0 Å². The molecule has 0 aromatic heterocycles. The van der Waals surface area contributed by atoms with Crippen molar-refractivity contribution in [2.75, 3.05) is 11.4 Å². The lowest BCUT2D eigenvalue weighted by Gasteiger charge is -2.36. The number of anilines is 1. The van der Waals surface area contributed by atoms with Gasteiger partial charge in [0.2, 0.25) is 0 Å². The SMILES string of the molecule is CC1CCN2c3ccccc3CNC12. The molecule has 3 rings (SSSR count). The average Bonchev–Trinajstić information content (AvgIpc) is 2.61. The Hall–Kier alpha value is -1.02. The van der Waals surface area contributed by atoms with Gasteiger partial charge in [0.15, 0.2) is 0 Å². The van der Waals surface area contributed by atoms with Crippen molar-refractivity contribution in [1.82, 2.24) is 5.32 Å². The van der Waals surface area contributed by atoms with Gasteiger partial charge in [0.1, 0.15) is 0 Å². The normalized spacial score (nSPS) is 29.9. The van der Waals surface area contributed by atoms with Crippen molar-refractivity contribution < 1.29 is 0 Å².